The summed E-state index contributed by atoms with van der Waals surface area (Å²) >= 11 is 0. The van der Waals surface area contributed by atoms with Gasteiger partial charge < -0.3 is 10.0 Å². The fourth-order valence-corrected chi connectivity index (χ4v) is 3.85. The zero-order chi connectivity index (χ0) is 13.9. The Morgan fingerprint density at radius 1 is 1.05 bits per heavy atom. The molecule has 1 saturated heterocycles. The highest BCUT2D eigenvalue weighted by atomic mass is 16.3. The Labute approximate surface area is 119 Å². The molecule has 0 aromatic rings. The van der Waals surface area contributed by atoms with Crippen molar-refractivity contribution in [2.45, 2.75) is 65.7 Å². The summed E-state index contributed by atoms with van der Waals surface area (Å²) in [6.45, 7) is 11.1. The maximum atomic E-state index is 9.90. The van der Waals surface area contributed by atoms with E-state index in [9.17, 15) is 5.11 Å². The highest BCUT2D eigenvalue weighted by Gasteiger charge is 2.36. The van der Waals surface area contributed by atoms with Gasteiger partial charge in [0.2, 0.25) is 0 Å². The van der Waals surface area contributed by atoms with Crippen molar-refractivity contribution in [1.29, 1.82) is 0 Å². The maximum Gasteiger partial charge on any atom is 0.0499 e. The molecule has 0 spiro atoms. The van der Waals surface area contributed by atoms with Crippen LogP contribution in [0.1, 0.15) is 65.7 Å². The Kier molecular flexibility index (Phi) is 4.94. The standard InChI is InChI=1S/C17H33NO/c1-15-5-8-17(14-19,9-6-15)13-18-11-4-7-16(2,3)10-12-18/h15,19H,4-14H2,1-3H3. The van der Waals surface area contributed by atoms with Crippen LogP contribution in [0.25, 0.3) is 0 Å². The Bertz CT molecular complexity index is 279. The first-order valence-electron chi connectivity index (χ1n) is 8.28. The minimum absolute atomic E-state index is 0.209. The van der Waals surface area contributed by atoms with Gasteiger partial charge in [0.05, 0.1) is 0 Å². The molecule has 0 amide bonds. The van der Waals surface area contributed by atoms with E-state index >= 15 is 0 Å². The van der Waals surface area contributed by atoms with Crippen LogP contribution in [0.2, 0.25) is 0 Å². The van der Waals surface area contributed by atoms with E-state index < -0.39 is 0 Å². The predicted molar refractivity (Wildman–Crippen MR) is 81.2 cm³/mol. The average molecular weight is 267 g/mol. The van der Waals surface area contributed by atoms with Crippen LogP contribution in [0.5, 0.6) is 0 Å². The summed E-state index contributed by atoms with van der Waals surface area (Å²) in [5.41, 5.74) is 0.725. The Morgan fingerprint density at radius 2 is 1.74 bits per heavy atom. The number of hydrogen-bond donors (Lipinski definition) is 1. The molecule has 2 fully saturated rings. The molecule has 2 nitrogen and oxygen atoms in total. The van der Waals surface area contributed by atoms with Crippen LogP contribution in [-0.2, 0) is 0 Å². The van der Waals surface area contributed by atoms with E-state index in [1.807, 2.05) is 0 Å². The number of hydrogen-bond acceptors (Lipinski definition) is 2. The Morgan fingerprint density at radius 3 is 2.37 bits per heavy atom. The molecule has 1 saturated carbocycles. The lowest BCUT2D eigenvalue weighted by Crippen LogP contribution is -2.43. The fourth-order valence-electron chi connectivity index (χ4n) is 3.85. The van der Waals surface area contributed by atoms with Crippen LogP contribution >= 0.6 is 0 Å². The van der Waals surface area contributed by atoms with Crippen molar-refractivity contribution in [2.75, 3.05) is 26.2 Å². The lowest BCUT2D eigenvalue weighted by Gasteiger charge is -2.41. The largest absolute Gasteiger partial charge is 0.396 e. The molecule has 19 heavy (non-hydrogen) atoms. The van der Waals surface area contributed by atoms with Gasteiger partial charge in [-0.05, 0) is 56.5 Å². The van der Waals surface area contributed by atoms with Gasteiger partial charge in [0.25, 0.3) is 0 Å². The molecule has 1 aliphatic heterocycles. The molecule has 0 aromatic heterocycles. The molecular formula is C17H33NO. The van der Waals surface area contributed by atoms with Gasteiger partial charge in [0.1, 0.15) is 0 Å². The topological polar surface area (TPSA) is 23.5 Å². The Balaban J connectivity index is 1.91. The monoisotopic (exact) mass is 267 g/mol. The highest BCUT2D eigenvalue weighted by molar-refractivity contribution is 4.88. The van der Waals surface area contributed by atoms with E-state index in [1.54, 1.807) is 0 Å². The molecular weight excluding hydrogens is 234 g/mol. The Hall–Kier alpha value is -0.0800. The SMILES string of the molecule is CC1CCC(CO)(CN2CCCC(C)(C)CC2)CC1. The summed E-state index contributed by atoms with van der Waals surface area (Å²) in [5.74, 6) is 0.864. The second-order valence-electron chi connectivity index (χ2n) is 8.13. The van der Waals surface area contributed by atoms with Crippen molar-refractivity contribution in [3.05, 3.63) is 0 Å². The van der Waals surface area contributed by atoms with Crippen molar-refractivity contribution in [3.63, 3.8) is 0 Å². The third-order valence-electron chi connectivity index (χ3n) is 5.66. The third kappa shape index (κ3) is 4.19. The van der Waals surface area contributed by atoms with Crippen LogP contribution in [0.4, 0.5) is 0 Å². The molecule has 0 radical (unpaired) electrons. The van der Waals surface area contributed by atoms with Crippen molar-refractivity contribution in [3.8, 4) is 0 Å². The molecule has 0 atom stereocenters. The van der Waals surface area contributed by atoms with Gasteiger partial charge in [-0.25, -0.2) is 0 Å². The van der Waals surface area contributed by atoms with Crippen LogP contribution in [0, 0.1) is 16.7 Å². The molecule has 1 aliphatic carbocycles. The molecule has 0 bridgehead atoms. The first-order valence-corrected chi connectivity index (χ1v) is 8.28. The summed E-state index contributed by atoms with van der Waals surface area (Å²) in [6, 6.07) is 0. The number of nitrogens with zero attached hydrogens (tertiary/aromatic N) is 1. The molecule has 1 heterocycles. The van der Waals surface area contributed by atoms with Gasteiger partial charge in [-0.3, -0.25) is 0 Å². The lowest BCUT2D eigenvalue weighted by molar-refractivity contribution is 0.0295. The van der Waals surface area contributed by atoms with E-state index in [0.29, 0.717) is 12.0 Å². The van der Waals surface area contributed by atoms with Gasteiger partial charge in [-0.15, -0.1) is 0 Å². The summed E-state index contributed by atoms with van der Waals surface area (Å²) in [4.78, 5) is 2.64. The molecule has 112 valence electrons. The van der Waals surface area contributed by atoms with Crippen molar-refractivity contribution >= 4 is 0 Å². The van der Waals surface area contributed by atoms with E-state index in [0.717, 1.165) is 12.5 Å². The van der Waals surface area contributed by atoms with Crippen molar-refractivity contribution in [2.24, 2.45) is 16.7 Å². The number of aliphatic hydroxyl groups is 1. The molecule has 2 heteroatoms. The molecule has 2 rings (SSSR count). The van der Waals surface area contributed by atoms with Crippen LogP contribution in [-0.4, -0.2) is 36.2 Å². The van der Waals surface area contributed by atoms with Gasteiger partial charge >= 0.3 is 0 Å². The normalized spacial score (nSPS) is 36.9. The van der Waals surface area contributed by atoms with E-state index in [-0.39, 0.29) is 5.41 Å². The van der Waals surface area contributed by atoms with Gasteiger partial charge in [-0.1, -0.05) is 33.6 Å². The second kappa shape index (κ2) is 6.13. The summed E-state index contributed by atoms with van der Waals surface area (Å²) < 4.78 is 0. The number of rotatable bonds is 3. The van der Waals surface area contributed by atoms with E-state index in [2.05, 4.69) is 25.7 Å². The highest BCUT2D eigenvalue weighted by Crippen LogP contribution is 2.40. The molecule has 1 N–H and O–H groups in total. The third-order valence-corrected chi connectivity index (χ3v) is 5.66. The molecule has 0 unspecified atom stereocenters. The lowest BCUT2D eigenvalue weighted by atomic mass is 9.71. The van der Waals surface area contributed by atoms with Crippen molar-refractivity contribution < 1.29 is 5.11 Å². The maximum absolute atomic E-state index is 9.90. The average Bonchev–Trinajstić information content (AvgIpc) is 2.54. The van der Waals surface area contributed by atoms with Gasteiger partial charge in [0, 0.05) is 18.6 Å². The number of aliphatic hydroxyl groups excluding tert-OH is 1. The smallest absolute Gasteiger partial charge is 0.0499 e. The predicted octanol–water partition coefficient (Wildman–Crippen LogP) is 3.69. The quantitative estimate of drug-likeness (QED) is 0.843. The minimum atomic E-state index is 0.209. The van der Waals surface area contributed by atoms with Crippen LogP contribution in [0.3, 0.4) is 0 Å². The summed E-state index contributed by atoms with van der Waals surface area (Å²) in [7, 11) is 0. The zero-order valence-electron chi connectivity index (χ0n) is 13.2. The van der Waals surface area contributed by atoms with Crippen molar-refractivity contribution in [1.82, 2.24) is 4.90 Å². The van der Waals surface area contributed by atoms with Crippen LogP contribution < -0.4 is 0 Å². The molecule has 0 aromatic carbocycles. The second-order valence-corrected chi connectivity index (χ2v) is 8.13. The van der Waals surface area contributed by atoms with E-state index in [4.69, 9.17) is 0 Å². The van der Waals surface area contributed by atoms with E-state index in [1.165, 1.54) is 58.0 Å². The fraction of sp³-hybridized carbons (Fsp3) is 1.00. The van der Waals surface area contributed by atoms with Crippen LogP contribution in [0.15, 0.2) is 0 Å². The summed E-state index contributed by atoms with van der Waals surface area (Å²) in [6.07, 6.45) is 9.05. The molecule has 2 aliphatic rings. The minimum Gasteiger partial charge on any atom is -0.396 e. The van der Waals surface area contributed by atoms with Gasteiger partial charge in [0.15, 0.2) is 0 Å². The van der Waals surface area contributed by atoms with Gasteiger partial charge in [-0.2, -0.15) is 0 Å². The number of likely N-dealkylation sites (tertiary alicyclic amines) is 1. The zero-order valence-corrected chi connectivity index (χ0v) is 13.2. The summed E-state index contributed by atoms with van der Waals surface area (Å²) in [5, 5.41) is 9.90. The first kappa shape index (κ1) is 15.3. The first-order chi connectivity index (χ1) is 8.95.